The van der Waals surface area contributed by atoms with Crippen molar-refractivity contribution in [2.45, 2.75) is 13.3 Å². The number of carbonyl (C=O) groups excluding carboxylic acids is 1. The summed E-state index contributed by atoms with van der Waals surface area (Å²) in [6.45, 7) is 8.95. The maximum Gasteiger partial charge on any atom is 0.246 e. The molecular formula is C11H23N3O. The molecule has 15 heavy (non-hydrogen) atoms. The summed E-state index contributed by atoms with van der Waals surface area (Å²) in [5, 5.41) is 6.10. The van der Waals surface area contributed by atoms with Crippen LogP contribution < -0.4 is 10.6 Å². The van der Waals surface area contributed by atoms with Crippen molar-refractivity contribution in [3.63, 3.8) is 0 Å². The largest absolute Gasteiger partial charge is 0.352 e. The predicted molar refractivity (Wildman–Crippen MR) is 63.9 cm³/mol. The Kier molecular flexibility index (Phi) is 7.95. The van der Waals surface area contributed by atoms with Crippen LogP contribution in [0.15, 0.2) is 12.2 Å². The van der Waals surface area contributed by atoms with Gasteiger partial charge in [-0.3, -0.25) is 4.79 Å². The van der Waals surface area contributed by atoms with Gasteiger partial charge in [0.05, 0.1) is 0 Å². The molecule has 0 spiro atoms. The summed E-state index contributed by atoms with van der Waals surface area (Å²) in [5.41, 5.74) is 0.565. The summed E-state index contributed by atoms with van der Waals surface area (Å²) in [5.74, 6) is -0.0525. The molecule has 0 saturated carbocycles. The van der Waals surface area contributed by atoms with Gasteiger partial charge in [0, 0.05) is 25.2 Å². The zero-order chi connectivity index (χ0) is 11.7. The van der Waals surface area contributed by atoms with E-state index in [1.807, 2.05) is 0 Å². The number of carbonyl (C=O) groups is 1. The fourth-order valence-corrected chi connectivity index (χ4v) is 0.994. The number of likely N-dealkylation sites (N-methyl/N-ethyl adjacent to an activating group) is 1. The van der Waals surface area contributed by atoms with Crippen LogP contribution in [0.1, 0.15) is 13.3 Å². The van der Waals surface area contributed by atoms with E-state index in [-0.39, 0.29) is 5.91 Å². The quantitative estimate of drug-likeness (QED) is 0.448. The number of amides is 1. The van der Waals surface area contributed by atoms with E-state index in [9.17, 15) is 4.79 Å². The molecule has 4 nitrogen and oxygen atoms in total. The number of nitrogens with one attached hydrogen (secondary N) is 2. The Morgan fingerprint density at radius 2 is 1.93 bits per heavy atom. The van der Waals surface area contributed by atoms with Gasteiger partial charge >= 0.3 is 0 Å². The van der Waals surface area contributed by atoms with Crippen LogP contribution in [-0.2, 0) is 4.79 Å². The Bertz CT molecular complexity index is 202. The highest BCUT2D eigenvalue weighted by Gasteiger charge is 1.98. The van der Waals surface area contributed by atoms with Crippen LogP contribution in [-0.4, -0.2) is 51.1 Å². The van der Waals surface area contributed by atoms with Crippen molar-refractivity contribution in [2.24, 2.45) is 0 Å². The molecule has 0 aliphatic rings. The number of hydrogen-bond acceptors (Lipinski definition) is 3. The van der Waals surface area contributed by atoms with E-state index in [2.05, 4.69) is 36.2 Å². The zero-order valence-electron chi connectivity index (χ0n) is 10.1. The molecule has 1 amide bonds. The second kappa shape index (κ2) is 8.44. The van der Waals surface area contributed by atoms with Crippen LogP contribution in [0.25, 0.3) is 0 Å². The number of rotatable bonds is 8. The summed E-state index contributed by atoms with van der Waals surface area (Å²) < 4.78 is 0. The van der Waals surface area contributed by atoms with Crippen molar-refractivity contribution in [2.75, 3.05) is 40.3 Å². The highest BCUT2D eigenvalue weighted by atomic mass is 16.1. The first kappa shape index (κ1) is 14.1. The summed E-state index contributed by atoms with van der Waals surface area (Å²) in [6.07, 6.45) is 0.951. The van der Waals surface area contributed by atoms with E-state index in [0.29, 0.717) is 12.1 Å². The third kappa shape index (κ3) is 9.43. The Morgan fingerprint density at radius 3 is 2.47 bits per heavy atom. The summed E-state index contributed by atoms with van der Waals surface area (Å²) >= 11 is 0. The molecule has 0 unspecified atom stereocenters. The van der Waals surface area contributed by atoms with Crippen molar-refractivity contribution < 1.29 is 4.79 Å². The third-order valence-corrected chi connectivity index (χ3v) is 1.94. The first-order chi connectivity index (χ1) is 7.04. The monoisotopic (exact) mass is 213 g/mol. The van der Waals surface area contributed by atoms with Crippen LogP contribution in [0.4, 0.5) is 0 Å². The summed E-state index contributed by atoms with van der Waals surface area (Å²) in [6, 6.07) is 0. The van der Waals surface area contributed by atoms with Crippen LogP contribution in [0.2, 0.25) is 0 Å². The Balaban J connectivity index is 3.18. The second-order valence-corrected chi connectivity index (χ2v) is 3.94. The molecule has 2 N–H and O–H groups in total. The second-order valence-electron chi connectivity index (χ2n) is 3.94. The van der Waals surface area contributed by atoms with Crippen LogP contribution >= 0.6 is 0 Å². The Labute approximate surface area is 92.7 Å². The van der Waals surface area contributed by atoms with Gasteiger partial charge < -0.3 is 15.5 Å². The molecule has 0 saturated heterocycles. The zero-order valence-corrected chi connectivity index (χ0v) is 10.1. The first-order valence-electron chi connectivity index (χ1n) is 5.33. The van der Waals surface area contributed by atoms with Gasteiger partial charge in [-0.2, -0.15) is 0 Å². The highest BCUT2D eigenvalue weighted by molar-refractivity contribution is 5.91. The average molecular weight is 213 g/mol. The molecule has 0 radical (unpaired) electrons. The van der Waals surface area contributed by atoms with Gasteiger partial charge in [-0.1, -0.05) is 6.58 Å². The van der Waals surface area contributed by atoms with Crippen molar-refractivity contribution in [3.05, 3.63) is 12.2 Å². The van der Waals surface area contributed by atoms with Gasteiger partial charge in [-0.15, -0.1) is 0 Å². The molecule has 0 aromatic heterocycles. The molecule has 0 fully saturated rings. The van der Waals surface area contributed by atoms with Gasteiger partial charge in [0.25, 0.3) is 0 Å². The molecule has 0 atom stereocenters. The lowest BCUT2D eigenvalue weighted by Crippen LogP contribution is -2.30. The van der Waals surface area contributed by atoms with E-state index in [1.54, 1.807) is 6.92 Å². The van der Waals surface area contributed by atoms with Gasteiger partial charge in [0.1, 0.15) is 0 Å². The van der Waals surface area contributed by atoms with Crippen molar-refractivity contribution >= 4 is 5.91 Å². The molecule has 0 bridgehead atoms. The highest BCUT2D eigenvalue weighted by Crippen LogP contribution is 1.85. The molecule has 88 valence electrons. The average Bonchev–Trinajstić information content (AvgIpc) is 2.15. The van der Waals surface area contributed by atoms with E-state index in [0.717, 1.165) is 26.1 Å². The maximum absolute atomic E-state index is 11.1. The molecule has 0 aliphatic heterocycles. The van der Waals surface area contributed by atoms with E-state index >= 15 is 0 Å². The lowest BCUT2D eigenvalue weighted by atomic mass is 10.3. The number of hydrogen-bond donors (Lipinski definition) is 2. The smallest absolute Gasteiger partial charge is 0.246 e. The van der Waals surface area contributed by atoms with Crippen LogP contribution in [0, 0.1) is 0 Å². The fourth-order valence-electron chi connectivity index (χ4n) is 0.994. The first-order valence-corrected chi connectivity index (χ1v) is 5.33. The Morgan fingerprint density at radius 1 is 1.27 bits per heavy atom. The number of nitrogens with zero attached hydrogens (tertiary/aromatic N) is 1. The molecular weight excluding hydrogens is 190 g/mol. The molecule has 0 aliphatic carbocycles. The molecule has 4 heteroatoms. The van der Waals surface area contributed by atoms with Gasteiger partial charge in [-0.25, -0.2) is 0 Å². The van der Waals surface area contributed by atoms with Crippen molar-refractivity contribution in [1.82, 2.24) is 15.5 Å². The topological polar surface area (TPSA) is 44.4 Å². The maximum atomic E-state index is 11.1. The standard InChI is InChI=1S/C11H23N3O/c1-10(2)11(15)13-7-5-6-12-8-9-14(3)4/h12H,1,5-9H2,2-4H3,(H,13,15). The van der Waals surface area contributed by atoms with Crippen LogP contribution in [0.3, 0.4) is 0 Å². The van der Waals surface area contributed by atoms with Gasteiger partial charge in [0.2, 0.25) is 5.91 Å². The third-order valence-electron chi connectivity index (χ3n) is 1.94. The SMILES string of the molecule is C=C(C)C(=O)NCCCNCCN(C)C. The Hall–Kier alpha value is -0.870. The summed E-state index contributed by atoms with van der Waals surface area (Å²) in [7, 11) is 4.10. The lowest BCUT2D eigenvalue weighted by molar-refractivity contribution is -0.117. The van der Waals surface area contributed by atoms with E-state index in [1.165, 1.54) is 0 Å². The normalized spacial score (nSPS) is 10.4. The predicted octanol–water partition coefficient (Wildman–Crippen LogP) is 0.220. The molecule has 0 aromatic carbocycles. The molecule has 0 heterocycles. The summed E-state index contributed by atoms with van der Waals surface area (Å²) in [4.78, 5) is 13.2. The van der Waals surface area contributed by atoms with Gasteiger partial charge in [-0.05, 0) is 34.0 Å². The minimum absolute atomic E-state index is 0.0525. The van der Waals surface area contributed by atoms with Gasteiger partial charge in [0.15, 0.2) is 0 Å². The van der Waals surface area contributed by atoms with E-state index < -0.39 is 0 Å². The fraction of sp³-hybridized carbons (Fsp3) is 0.727. The molecule has 0 rings (SSSR count). The van der Waals surface area contributed by atoms with E-state index in [4.69, 9.17) is 0 Å². The van der Waals surface area contributed by atoms with Crippen molar-refractivity contribution in [3.8, 4) is 0 Å². The van der Waals surface area contributed by atoms with Crippen molar-refractivity contribution in [1.29, 1.82) is 0 Å². The minimum atomic E-state index is -0.0525. The molecule has 0 aromatic rings. The lowest BCUT2D eigenvalue weighted by Gasteiger charge is -2.10. The minimum Gasteiger partial charge on any atom is -0.352 e. The van der Waals surface area contributed by atoms with Crippen LogP contribution in [0.5, 0.6) is 0 Å².